The number of carbonyl (C=O) groups excluding carboxylic acids is 1. The monoisotopic (exact) mass is 449 g/mol. The molecule has 0 spiro atoms. The van der Waals surface area contributed by atoms with E-state index in [1.807, 2.05) is 0 Å². The van der Waals surface area contributed by atoms with Crippen LogP contribution in [0.4, 0.5) is 26.3 Å². The third kappa shape index (κ3) is 4.70. The summed E-state index contributed by atoms with van der Waals surface area (Å²) in [6, 6.07) is 2.42. The Balaban J connectivity index is 2.88. The van der Waals surface area contributed by atoms with Gasteiger partial charge in [-0.3, -0.25) is 4.79 Å². The van der Waals surface area contributed by atoms with Gasteiger partial charge < -0.3 is 10.5 Å². The summed E-state index contributed by atoms with van der Waals surface area (Å²) in [7, 11) is -0.253. The fraction of sp³-hybridized carbons (Fsp3) is 0.350. The van der Waals surface area contributed by atoms with Crippen LogP contribution < -0.4 is 5.73 Å². The number of aryl methyl sites for hydroxylation is 2. The van der Waals surface area contributed by atoms with Crippen LogP contribution in [0.15, 0.2) is 18.2 Å². The molecule has 0 saturated heterocycles. The van der Waals surface area contributed by atoms with Crippen molar-refractivity contribution < 1.29 is 35.9 Å². The molecule has 164 valence electrons. The number of hydrogen-bond acceptors (Lipinski definition) is 3. The molecular weight excluding hydrogens is 428 g/mol. The fourth-order valence-corrected chi connectivity index (χ4v) is 4.19. The standard InChI is InChI=1S/C20H21F6NO2Si/c1-4-29-14(28)8-19(27,30)16-17(22)12(7-13(18(16)23)20(24,25)26)15-9(2)5-11(21)6-10(15)3/h5-7H,4,8,27H2,1-3,30H3/t19-/m0/s1. The summed E-state index contributed by atoms with van der Waals surface area (Å²) >= 11 is 0. The number of hydrogen-bond donors (Lipinski definition) is 1. The van der Waals surface area contributed by atoms with Gasteiger partial charge in [0.2, 0.25) is 0 Å². The van der Waals surface area contributed by atoms with Crippen molar-refractivity contribution in [3.63, 3.8) is 0 Å². The van der Waals surface area contributed by atoms with Crippen LogP contribution in [0.3, 0.4) is 0 Å². The number of rotatable bonds is 5. The van der Waals surface area contributed by atoms with Crippen molar-refractivity contribution >= 4 is 16.2 Å². The van der Waals surface area contributed by atoms with E-state index >= 15 is 4.39 Å². The van der Waals surface area contributed by atoms with Crippen molar-refractivity contribution in [3.05, 3.63) is 57.9 Å². The lowest BCUT2D eigenvalue weighted by Crippen LogP contribution is -2.42. The van der Waals surface area contributed by atoms with E-state index in [1.165, 1.54) is 20.8 Å². The van der Waals surface area contributed by atoms with E-state index in [4.69, 9.17) is 10.5 Å². The molecule has 0 amide bonds. The second kappa shape index (κ2) is 8.42. The predicted octanol–water partition coefficient (Wildman–Crippen LogP) is 3.84. The Labute approximate surface area is 172 Å². The minimum atomic E-state index is -5.15. The first-order chi connectivity index (χ1) is 13.7. The van der Waals surface area contributed by atoms with E-state index in [-0.39, 0.29) is 33.5 Å². The number of benzene rings is 2. The van der Waals surface area contributed by atoms with Gasteiger partial charge >= 0.3 is 12.1 Å². The maximum Gasteiger partial charge on any atom is 0.419 e. The Bertz CT molecular complexity index is 965. The molecule has 2 aromatic carbocycles. The van der Waals surface area contributed by atoms with E-state index in [1.54, 1.807) is 0 Å². The highest BCUT2D eigenvalue weighted by atomic mass is 28.1. The maximum atomic E-state index is 15.5. The minimum absolute atomic E-state index is 0.00532. The predicted molar refractivity (Wildman–Crippen MR) is 103 cm³/mol. The molecule has 3 nitrogen and oxygen atoms in total. The van der Waals surface area contributed by atoms with Crippen LogP contribution in [0.2, 0.25) is 0 Å². The molecule has 0 saturated carbocycles. The zero-order valence-electron chi connectivity index (χ0n) is 16.8. The highest BCUT2D eigenvalue weighted by Crippen LogP contribution is 2.42. The van der Waals surface area contributed by atoms with Crippen LogP contribution in [0.1, 0.15) is 35.6 Å². The fourth-order valence-electron chi connectivity index (χ4n) is 3.46. The van der Waals surface area contributed by atoms with Gasteiger partial charge in [0.05, 0.1) is 18.6 Å². The van der Waals surface area contributed by atoms with Crippen molar-refractivity contribution in [2.45, 2.75) is 38.5 Å². The van der Waals surface area contributed by atoms with E-state index in [2.05, 4.69) is 0 Å². The molecule has 0 aliphatic heterocycles. The molecule has 0 bridgehead atoms. The number of ether oxygens (including phenoxy) is 1. The van der Waals surface area contributed by atoms with Gasteiger partial charge in [0.1, 0.15) is 17.5 Å². The molecule has 0 aromatic heterocycles. The molecule has 2 N–H and O–H groups in total. The first-order valence-electron chi connectivity index (χ1n) is 9.02. The highest BCUT2D eigenvalue weighted by Gasteiger charge is 2.42. The van der Waals surface area contributed by atoms with Gasteiger partial charge in [-0.15, -0.1) is 0 Å². The number of carbonyl (C=O) groups is 1. The van der Waals surface area contributed by atoms with Crippen molar-refractivity contribution in [2.75, 3.05) is 6.61 Å². The summed E-state index contributed by atoms with van der Waals surface area (Å²) < 4.78 is 89.4. The van der Waals surface area contributed by atoms with Crippen LogP contribution in [0.5, 0.6) is 0 Å². The second-order valence-electron chi connectivity index (χ2n) is 7.29. The topological polar surface area (TPSA) is 52.3 Å². The molecule has 0 radical (unpaired) electrons. The van der Waals surface area contributed by atoms with Gasteiger partial charge in [-0.1, -0.05) is 0 Å². The average Bonchev–Trinajstić information content (AvgIpc) is 2.54. The molecule has 0 heterocycles. The van der Waals surface area contributed by atoms with Gasteiger partial charge in [0, 0.05) is 26.5 Å². The van der Waals surface area contributed by atoms with E-state index in [0.29, 0.717) is 6.07 Å². The lowest BCUT2D eigenvalue weighted by molar-refractivity contribution is -0.143. The summed E-state index contributed by atoms with van der Waals surface area (Å²) in [5.74, 6) is -4.73. The van der Waals surface area contributed by atoms with E-state index in [0.717, 1.165) is 12.1 Å². The van der Waals surface area contributed by atoms with Gasteiger partial charge in [0.25, 0.3) is 0 Å². The molecule has 0 fully saturated rings. The first kappa shape index (κ1) is 23.9. The van der Waals surface area contributed by atoms with Crippen molar-refractivity contribution in [2.24, 2.45) is 5.73 Å². The number of nitrogens with two attached hydrogens (primary N) is 1. The summed E-state index contributed by atoms with van der Waals surface area (Å²) in [6.07, 6.45) is -5.84. The summed E-state index contributed by atoms with van der Waals surface area (Å²) in [5, 5.41) is -2.00. The van der Waals surface area contributed by atoms with Crippen LogP contribution in [-0.4, -0.2) is 22.8 Å². The van der Waals surface area contributed by atoms with E-state index < -0.39 is 57.9 Å². The Morgan fingerprint density at radius 1 is 1.07 bits per heavy atom. The SMILES string of the molecule is CCOC(=O)C[C@](N)([SiH3])c1c(F)c(-c2c(C)cc(F)cc2C)cc(C(F)(F)F)c1F. The molecule has 0 aliphatic carbocycles. The zero-order chi connectivity index (χ0) is 23.0. The van der Waals surface area contributed by atoms with Crippen molar-refractivity contribution in [3.8, 4) is 11.1 Å². The lowest BCUT2D eigenvalue weighted by Gasteiger charge is -2.28. The van der Waals surface area contributed by atoms with Crippen LogP contribution >= 0.6 is 0 Å². The molecule has 2 aromatic rings. The molecule has 0 unspecified atom stereocenters. The summed E-state index contributed by atoms with van der Waals surface area (Å²) in [4.78, 5) is 11.8. The largest absolute Gasteiger partial charge is 0.466 e. The Kier molecular flexibility index (Phi) is 6.72. The number of halogens is 6. The average molecular weight is 449 g/mol. The quantitative estimate of drug-likeness (QED) is 0.429. The van der Waals surface area contributed by atoms with Crippen molar-refractivity contribution in [1.29, 1.82) is 0 Å². The normalized spacial score (nSPS) is 13.9. The summed E-state index contributed by atoms with van der Waals surface area (Å²) in [5.41, 5.74) is 2.99. The van der Waals surface area contributed by atoms with E-state index in [9.17, 15) is 26.7 Å². The lowest BCUT2D eigenvalue weighted by atomic mass is 9.89. The second-order valence-corrected chi connectivity index (χ2v) is 9.07. The Morgan fingerprint density at radius 3 is 2.07 bits per heavy atom. The van der Waals surface area contributed by atoms with Crippen LogP contribution in [0, 0.1) is 31.3 Å². The Hall–Kier alpha value is -2.33. The molecule has 10 heteroatoms. The highest BCUT2D eigenvalue weighted by molar-refractivity contribution is 6.17. The molecular formula is C20H21F6NO2Si. The molecule has 30 heavy (non-hydrogen) atoms. The van der Waals surface area contributed by atoms with Gasteiger partial charge in [-0.25, -0.2) is 13.2 Å². The third-order valence-electron chi connectivity index (χ3n) is 4.66. The minimum Gasteiger partial charge on any atom is -0.466 e. The van der Waals surface area contributed by atoms with Crippen LogP contribution in [0.25, 0.3) is 11.1 Å². The molecule has 1 atom stereocenters. The molecule has 0 aliphatic rings. The smallest absolute Gasteiger partial charge is 0.419 e. The zero-order valence-corrected chi connectivity index (χ0v) is 18.8. The molecule has 2 rings (SSSR count). The third-order valence-corrected chi connectivity index (χ3v) is 5.51. The maximum absolute atomic E-state index is 15.5. The number of esters is 1. The summed E-state index contributed by atoms with van der Waals surface area (Å²) in [6.45, 7) is 4.28. The Morgan fingerprint density at radius 2 is 1.60 bits per heavy atom. The first-order valence-corrected chi connectivity index (χ1v) is 10.0. The van der Waals surface area contributed by atoms with Crippen LogP contribution in [-0.2, 0) is 20.9 Å². The van der Waals surface area contributed by atoms with Crippen molar-refractivity contribution in [1.82, 2.24) is 0 Å². The number of alkyl halides is 3. The van der Waals surface area contributed by atoms with Gasteiger partial charge in [-0.2, -0.15) is 13.2 Å². The van der Waals surface area contributed by atoms with Gasteiger partial charge in [-0.05, 0) is 55.7 Å². The van der Waals surface area contributed by atoms with Gasteiger partial charge in [0.15, 0.2) is 0 Å².